The Balaban J connectivity index is 1.87. The minimum atomic E-state index is -0.150. The van der Waals surface area contributed by atoms with Gasteiger partial charge in [-0.1, -0.05) is 30.0 Å². The monoisotopic (exact) mass is 401 g/mol. The SMILES string of the molecule is CCOc1ccc(/C=C2/SC(=S)N(c3ccc(OC)cc3)C2=O)cc1OC. The van der Waals surface area contributed by atoms with Gasteiger partial charge >= 0.3 is 0 Å². The molecule has 2 aromatic rings. The second-order valence-corrected chi connectivity index (χ2v) is 7.23. The lowest BCUT2D eigenvalue weighted by atomic mass is 10.2. The van der Waals surface area contributed by atoms with Crippen molar-refractivity contribution in [2.75, 3.05) is 25.7 Å². The molecule has 1 saturated heterocycles. The van der Waals surface area contributed by atoms with Crippen LogP contribution in [0.25, 0.3) is 6.08 Å². The van der Waals surface area contributed by atoms with Crippen LogP contribution in [0.5, 0.6) is 17.2 Å². The standard InChI is InChI=1S/C20H19NO4S2/c1-4-25-16-10-5-13(11-17(16)24-3)12-18-19(22)21(20(26)27-18)14-6-8-15(23-2)9-7-14/h5-12H,4H2,1-3H3/b18-12+. The molecule has 0 bridgehead atoms. The number of nitrogens with zero attached hydrogens (tertiary/aromatic N) is 1. The number of rotatable bonds is 6. The third-order valence-corrected chi connectivity index (χ3v) is 5.21. The third kappa shape index (κ3) is 4.09. The molecule has 0 aliphatic carbocycles. The number of hydrogen-bond acceptors (Lipinski definition) is 6. The average molecular weight is 402 g/mol. The Morgan fingerprint density at radius 3 is 2.44 bits per heavy atom. The van der Waals surface area contributed by atoms with Crippen LogP contribution in [0.2, 0.25) is 0 Å². The highest BCUT2D eigenvalue weighted by molar-refractivity contribution is 8.27. The van der Waals surface area contributed by atoms with E-state index < -0.39 is 0 Å². The molecule has 0 spiro atoms. The first kappa shape index (κ1) is 19.3. The van der Waals surface area contributed by atoms with Crippen LogP contribution in [-0.2, 0) is 4.79 Å². The fraction of sp³-hybridized carbons (Fsp3) is 0.200. The van der Waals surface area contributed by atoms with Gasteiger partial charge in [-0.2, -0.15) is 0 Å². The van der Waals surface area contributed by atoms with Crippen molar-refractivity contribution in [1.29, 1.82) is 0 Å². The molecule has 7 heteroatoms. The van der Waals surface area contributed by atoms with Crippen LogP contribution < -0.4 is 19.1 Å². The number of thioether (sulfide) groups is 1. The van der Waals surface area contributed by atoms with Crippen molar-refractivity contribution in [3.63, 3.8) is 0 Å². The second kappa shape index (κ2) is 8.45. The number of hydrogen-bond donors (Lipinski definition) is 0. The predicted octanol–water partition coefficient (Wildman–Crippen LogP) is 4.51. The number of ether oxygens (including phenoxy) is 3. The lowest BCUT2D eigenvalue weighted by Gasteiger charge is -2.14. The minimum Gasteiger partial charge on any atom is -0.497 e. The smallest absolute Gasteiger partial charge is 0.270 e. The number of benzene rings is 2. The van der Waals surface area contributed by atoms with Gasteiger partial charge in [-0.05, 0) is 55.0 Å². The van der Waals surface area contributed by atoms with E-state index >= 15 is 0 Å². The Kier molecular flexibility index (Phi) is 6.03. The predicted molar refractivity (Wildman–Crippen MR) is 113 cm³/mol. The number of carbonyl (C=O) groups excluding carboxylic acids is 1. The van der Waals surface area contributed by atoms with Gasteiger partial charge in [-0.3, -0.25) is 9.69 Å². The molecule has 3 rings (SSSR count). The number of amides is 1. The maximum Gasteiger partial charge on any atom is 0.270 e. The molecular weight excluding hydrogens is 382 g/mol. The fourth-order valence-electron chi connectivity index (χ4n) is 2.62. The summed E-state index contributed by atoms with van der Waals surface area (Å²) >= 11 is 6.68. The lowest BCUT2D eigenvalue weighted by Crippen LogP contribution is -2.27. The summed E-state index contributed by atoms with van der Waals surface area (Å²) in [6, 6.07) is 12.8. The van der Waals surface area contributed by atoms with E-state index in [-0.39, 0.29) is 5.91 Å². The van der Waals surface area contributed by atoms with Crippen LogP contribution in [-0.4, -0.2) is 31.1 Å². The molecule has 1 aliphatic heterocycles. The van der Waals surface area contributed by atoms with Crippen molar-refractivity contribution in [3.8, 4) is 17.2 Å². The molecule has 5 nitrogen and oxygen atoms in total. The highest BCUT2D eigenvalue weighted by atomic mass is 32.2. The van der Waals surface area contributed by atoms with E-state index in [0.717, 1.165) is 11.3 Å². The van der Waals surface area contributed by atoms with Crippen molar-refractivity contribution in [1.82, 2.24) is 0 Å². The van der Waals surface area contributed by atoms with Gasteiger partial charge in [0.1, 0.15) is 5.75 Å². The summed E-state index contributed by atoms with van der Waals surface area (Å²) < 4.78 is 16.6. The van der Waals surface area contributed by atoms with Crippen molar-refractivity contribution in [3.05, 3.63) is 52.9 Å². The molecule has 0 saturated carbocycles. The van der Waals surface area contributed by atoms with Crippen molar-refractivity contribution in [2.24, 2.45) is 0 Å². The molecule has 1 fully saturated rings. The molecule has 0 unspecified atom stereocenters. The number of thiocarbonyl (C=S) groups is 1. The van der Waals surface area contributed by atoms with Crippen molar-refractivity contribution >= 4 is 46.0 Å². The van der Waals surface area contributed by atoms with Gasteiger partial charge in [0.2, 0.25) is 0 Å². The Hall–Kier alpha value is -2.51. The molecule has 1 aliphatic rings. The van der Waals surface area contributed by atoms with Gasteiger partial charge in [-0.15, -0.1) is 0 Å². The fourth-order valence-corrected chi connectivity index (χ4v) is 3.92. The molecule has 140 valence electrons. The van der Waals surface area contributed by atoms with Crippen LogP contribution in [0.3, 0.4) is 0 Å². The van der Waals surface area contributed by atoms with Gasteiger partial charge < -0.3 is 14.2 Å². The van der Waals surface area contributed by atoms with E-state index in [9.17, 15) is 4.79 Å². The maximum atomic E-state index is 12.9. The van der Waals surface area contributed by atoms with Gasteiger partial charge in [-0.25, -0.2) is 0 Å². The zero-order valence-corrected chi connectivity index (χ0v) is 16.9. The summed E-state index contributed by atoms with van der Waals surface area (Å²) in [6.07, 6.45) is 1.81. The highest BCUT2D eigenvalue weighted by Gasteiger charge is 2.33. The van der Waals surface area contributed by atoms with Crippen LogP contribution in [0.1, 0.15) is 12.5 Å². The van der Waals surface area contributed by atoms with Gasteiger partial charge in [0.25, 0.3) is 5.91 Å². The Morgan fingerprint density at radius 1 is 1.07 bits per heavy atom. The van der Waals surface area contributed by atoms with Crippen LogP contribution in [0.4, 0.5) is 5.69 Å². The molecule has 0 aromatic heterocycles. The van der Waals surface area contributed by atoms with Gasteiger partial charge in [0, 0.05) is 0 Å². The highest BCUT2D eigenvalue weighted by Crippen LogP contribution is 2.37. The average Bonchev–Trinajstić information content (AvgIpc) is 2.96. The summed E-state index contributed by atoms with van der Waals surface area (Å²) in [5, 5.41) is 0. The first-order valence-corrected chi connectivity index (χ1v) is 9.52. The Bertz CT molecular complexity index is 893. The van der Waals surface area contributed by atoms with E-state index in [0.29, 0.717) is 33.0 Å². The summed E-state index contributed by atoms with van der Waals surface area (Å²) in [4.78, 5) is 14.9. The molecule has 0 atom stereocenters. The van der Waals surface area contributed by atoms with E-state index in [1.54, 1.807) is 32.4 Å². The summed E-state index contributed by atoms with van der Waals surface area (Å²) in [6.45, 7) is 2.47. The van der Waals surface area contributed by atoms with Gasteiger partial charge in [0.15, 0.2) is 15.8 Å². The van der Waals surface area contributed by atoms with E-state index in [1.165, 1.54) is 16.7 Å². The zero-order chi connectivity index (χ0) is 19.4. The van der Waals surface area contributed by atoms with Crippen molar-refractivity contribution in [2.45, 2.75) is 6.92 Å². The summed E-state index contributed by atoms with van der Waals surface area (Å²) in [7, 11) is 3.19. The zero-order valence-electron chi connectivity index (χ0n) is 15.2. The molecule has 0 radical (unpaired) electrons. The lowest BCUT2D eigenvalue weighted by molar-refractivity contribution is -0.113. The van der Waals surface area contributed by atoms with E-state index in [4.69, 9.17) is 26.4 Å². The minimum absolute atomic E-state index is 0.150. The third-order valence-electron chi connectivity index (χ3n) is 3.91. The largest absolute Gasteiger partial charge is 0.497 e. The maximum absolute atomic E-state index is 12.9. The topological polar surface area (TPSA) is 48.0 Å². The van der Waals surface area contributed by atoms with Crippen LogP contribution >= 0.6 is 24.0 Å². The second-order valence-electron chi connectivity index (χ2n) is 5.56. The molecule has 1 heterocycles. The number of anilines is 1. The van der Waals surface area contributed by atoms with E-state index in [1.807, 2.05) is 37.3 Å². The first-order valence-electron chi connectivity index (χ1n) is 8.30. The van der Waals surface area contributed by atoms with Crippen molar-refractivity contribution < 1.29 is 19.0 Å². The molecule has 2 aromatic carbocycles. The first-order chi connectivity index (χ1) is 13.1. The molecular formula is C20H19NO4S2. The quantitative estimate of drug-likeness (QED) is 0.524. The van der Waals surface area contributed by atoms with Gasteiger partial charge in [0.05, 0.1) is 31.4 Å². The molecule has 1 amide bonds. The van der Waals surface area contributed by atoms with Crippen LogP contribution in [0.15, 0.2) is 47.4 Å². The summed E-state index contributed by atoms with van der Waals surface area (Å²) in [5.74, 6) is 1.86. The normalized spacial score (nSPS) is 15.4. The number of methoxy groups -OCH3 is 2. The Morgan fingerprint density at radius 2 is 1.81 bits per heavy atom. The van der Waals surface area contributed by atoms with E-state index in [2.05, 4.69) is 0 Å². The Labute approximate surface area is 167 Å². The number of carbonyl (C=O) groups is 1. The molecule has 27 heavy (non-hydrogen) atoms. The molecule has 0 N–H and O–H groups in total. The summed E-state index contributed by atoms with van der Waals surface area (Å²) in [5.41, 5.74) is 1.55. The van der Waals surface area contributed by atoms with Crippen LogP contribution in [0, 0.1) is 0 Å².